The summed E-state index contributed by atoms with van der Waals surface area (Å²) in [7, 11) is 0. The first kappa shape index (κ1) is 17.7. The van der Waals surface area contributed by atoms with Crippen LogP contribution in [0.4, 0.5) is 0 Å². The van der Waals surface area contributed by atoms with Crippen molar-refractivity contribution in [2.45, 2.75) is 12.1 Å². The third kappa shape index (κ3) is 4.65. The van der Waals surface area contributed by atoms with Crippen LogP contribution in [0.3, 0.4) is 0 Å². The molecule has 0 spiro atoms. The average Bonchev–Trinajstić information content (AvgIpc) is 2.65. The van der Waals surface area contributed by atoms with Gasteiger partial charge in [-0.3, -0.25) is 9.59 Å². The predicted molar refractivity (Wildman–Crippen MR) is 88.8 cm³/mol. The summed E-state index contributed by atoms with van der Waals surface area (Å²) < 4.78 is 0. The Morgan fingerprint density at radius 3 is 1.33 bits per heavy atom. The van der Waals surface area contributed by atoms with Gasteiger partial charge >= 0.3 is 11.8 Å². The van der Waals surface area contributed by atoms with E-state index in [2.05, 4.69) is 10.6 Å². The molecule has 0 aliphatic heterocycles. The molecule has 0 heterocycles. The maximum Gasteiger partial charge on any atom is 0.309 e. The number of hydrogen-bond acceptors (Lipinski definition) is 4. The quantitative estimate of drug-likeness (QED) is 0.586. The zero-order chi connectivity index (χ0) is 17.4. The molecule has 2 aromatic carbocycles. The van der Waals surface area contributed by atoms with Crippen molar-refractivity contribution in [2.75, 3.05) is 13.2 Å². The highest BCUT2D eigenvalue weighted by molar-refractivity contribution is 6.35. The van der Waals surface area contributed by atoms with E-state index in [1.165, 1.54) is 0 Å². The summed E-state index contributed by atoms with van der Waals surface area (Å²) in [5, 5.41) is 23.8. The summed E-state index contributed by atoms with van der Waals surface area (Å²) in [5.41, 5.74) is 1.39. The molecule has 24 heavy (non-hydrogen) atoms. The molecule has 126 valence electrons. The smallest absolute Gasteiger partial charge is 0.309 e. The van der Waals surface area contributed by atoms with E-state index in [-0.39, 0.29) is 13.2 Å². The molecular weight excluding hydrogens is 308 g/mol. The lowest BCUT2D eigenvalue weighted by Gasteiger charge is -2.19. The van der Waals surface area contributed by atoms with Crippen molar-refractivity contribution in [3.05, 3.63) is 71.8 Å². The Labute approximate surface area is 140 Å². The Balaban J connectivity index is 1.99. The van der Waals surface area contributed by atoms with Crippen molar-refractivity contribution < 1.29 is 19.8 Å². The molecule has 2 rings (SSSR count). The molecule has 0 saturated heterocycles. The molecule has 0 radical (unpaired) electrons. The summed E-state index contributed by atoms with van der Waals surface area (Å²) in [6, 6.07) is 16.4. The van der Waals surface area contributed by atoms with Crippen LogP contribution in [0.5, 0.6) is 0 Å². The SMILES string of the molecule is O=C(NC(CO)c1ccccc1)C(=O)NC(CO)c1ccccc1. The van der Waals surface area contributed by atoms with Crippen LogP contribution in [0.2, 0.25) is 0 Å². The third-order valence-electron chi connectivity index (χ3n) is 3.59. The van der Waals surface area contributed by atoms with E-state index >= 15 is 0 Å². The van der Waals surface area contributed by atoms with Crippen LogP contribution >= 0.6 is 0 Å². The zero-order valence-electron chi connectivity index (χ0n) is 13.1. The lowest BCUT2D eigenvalue weighted by molar-refractivity contribution is -0.140. The largest absolute Gasteiger partial charge is 0.394 e. The number of aliphatic hydroxyl groups is 2. The van der Waals surface area contributed by atoms with Crippen molar-refractivity contribution in [1.29, 1.82) is 0 Å². The summed E-state index contributed by atoms with van der Waals surface area (Å²) in [4.78, 5) is 24.1. The van der Waals surface area contributed by atoms with Gasteiger partial charge in [-0.1, -0.05) is 60.7 Å². The number of rotatable bonds is 6. The molecular formula is C18H20N2O4. The predicted octanol–water partition coefficient (Wildman–Crippen LogP) is 0.686. The zero-order valence-corrected chi connectivity index (χ0v) is 13.1. The molecule has 2 unspecified atom stereocenters. The van der Waals surface area contributed by atoms with Gasteiger partial charge in [0.15, 0.2) is 0 Å². The fraction of sp³-hybridized carbons (Fsp3) is 0.222. The van der Waals surface area contributed by atoms with Gasteiger partial charge in [-0.05, 0) is 11.1 Å². The van der Waals surface area contributed by atoms with Crippen molar-refractivity contribution in [3.63, 3.8) is 0 Å². The van der Waals surface area contributed by atoms with Crippen molar-refractivity contribution in [3.8, 4) is 0 Å². The van der Waals surface area contributed by atoms with E-state index in [1.54, 1.807) is 48.5 Å². The third-order valence-corrected chi connectivity index (χ3v) is 3.59. The average molecular weight is 328 g/mol. The first-order valence-electron chi connectivity index (χ1n) is 7.58. The number of hydrogen-bond donors (Lipinski definition) is 4. The van der Waals surface area contributed by atoms with Crippen molar-refractivity contribution in [2.24, 2.45) is 0 Å². The molecule has 0 aromatic heterocycles. The van der Waals surface area contributed by atoms with Gasteiger partial charge in [0.05, 0.1) is 25.3 Å². The summed E-state index contributed by atoms with van der Waals surface area (Å²) in [6.45, 7) is -0.656. The second-order valence-electron chi connectivity index (χ2n) is 5.24. The Morgan fingerprint density at radius 2 is 1.04 bits per heavy atom. The fourth-order valence-corrected chi connectivity index (χ4v) is 2.29. The Hall–Kier alpha value is -2.70. The second kappa shape index (κ2) is 8.81. The molecule has 6 nitrogen and oxygen atoms in total. The van der Waals surface area contributed by atoms with Crippen molar-refractivity contribution in [1.82, 2.24) is 10.6 Å². The molecule has 0 saturated carbocycles. The first-order chi connectivity index (χ1) is 11.7. The minimum atomic E-state index is -0.868. The van der Waals surface area contributed by atoms with Crippen LogP contribution in [0, 0.1) is 0 Å². The molecule has 2 amide bonds. The summed E-state index contributed by atoms with van der Waals surface area (Å²) in [5.74, 6) is -1.74. The molecule has 0 aliphatic rings. The van der Waals surface area contributed by atoms with Gasteiger partial charge in [0.1, 0.15) is 0 Å². The highest BCUT2D eigenvalue weighted by Crippen LogP contribution is 2.13. The first-order valence-corrected chi connectivity index (χ1v) is 7.58. The summed E-state index contributed by atoms with van der Waals surface area (Å²) in [6.07, 6.45) is 0. The van der Waals surface area contributed by atoms with Crippen LogP contribution in [0.15, 0.2) is 60.7 Å². The standard InChI is InChI=1S/C18H20N2O4/c21-11-15(13-7-3-1-4-8-13)19-17(23)18(24)20-16(12-22)14-9-5-2-6-10-14/h1-10,15-16,21-22H,11-12H2,(H,19,23)(H,20,24). The van der Waals surface area contributed by atoms with Crippen LogP contribution in [-0.4, -0.2) is 35.2 Å². The van der Waals surface area contributed by atoms with E-state index in [1.807, 2.05) is 12.1 Å². The molecule has 2 atom stereocenters. The number of carbonyl (C=O) groups is 2. The normalized spacial score (nSPS) is 12.9. The van der Waals surface area contributed by atoms with E-state index in [0.29, 0.717) is 11.1 Å². The van der Waals surface area contributed by atoms with Crippen LogP contribution in [-0.2, 0) is 9.59 Å². The van der Waals surface area contributed by atoms with Gasteiger partial charge in [0.25, 0.3) is 0 Å². The molecule has 0 aliphatic carbocycles. The minimum absolute atomic E-state index is 0.328. The van der Waals surface area contributed by atoms with Crippen LogP contribution < -0.4 is 10.6 Å². The van der Waals surface area contributed by atoms with E-state index in [4.69, 9.17) is 0 Å². The van der Waals surface area contributed by atoms with E-state index < -0.39 is 23.9 Å². The number of nitrogens with one attached hydrogen (secondary N) is 2. The fourth-order valence-electron chi connectivity index (χ4n) is 2.29. The monoisotopic (exact) mass is 328 g/mol. The van der Waals surface area contributed by atoms with Gasteiger partial charge in [-0.15, -0.1) is 0 Å². The molecule has 6 heteroatoms. The van der Waals surface area contributed by atoms with Crippen LogP contribution in [0.1, 0.15) is 23.2 Å². The van der Waals surface area contributed by atoms with Gasteiger partial charge in [-0.25, -0.2) is 0 Å². The Bertz CT molecular complexity index is 602. The van der Waals surface area contributed by atoms with Crippen LogP contribution in [0.25, 0.3) is 0 Å². The maximum atomic E-state index is 12.1. The number of aliphatic hydroxyl groups excluding tert-OH is 2. The second-order valence-corrected chi connectivity index (χ2v) is 5.24. The van der Waals surface area contributed by atoms with Crippen molar-refractivity contribution >= 4 is 11.8 Å². The highest BCUT2D eigenvalue weighted by atomic mass is 16.3. The lowest BCUT2D eigenvalue weighted by atomic mass is 10.1. The molecule has 4 N–H and O–H groups in total. The highest BCUT2D eigenvalue weighted by Gasteiger charge is 2.22. The molecule has 0 bridgehead atoms. The molecule has 2 aromatic rings. The minimum Gasteiger partial charge on any atom is -0.394 e. The number of carbonyl (C=O) groups excluding carboxylic acids is 2. The van der Waals surface area contributed by atoms with Gasteiger partial charge in [0, 0.05) is 0 Å². The van der Waals surface area contributed by atoms with Gasteiger partial charge in [0.2, 0.25) is 0 Å². The number of amides is 2. The summed E-state index contributed by atoms with van der Waals surface area (Å²) >= 11 is 0. The number of benzene rings is 2. The van der Waals surface area contributed by atoms with E-state index in [9.17, 15) is 19.8 Å². The van der Waals surface area contributed by atoms with E-state index in [0.717, 1.165) is 0 Å². The lowest BCUT2D eigenvalue weighted by Crippen LogP contribution is -2.44. The van der Waals surface area contributed by atoms with Gasteiger partial charge in [-0.2, -0.15) is 0 Å². The Kier molecular flexibility index (Phi) is 6.48. The maximum absolute atomic E-state index is 12.1. The Morgan fingerprint density at radius 1 is 0.708 bits per heavy atom. The topological polar surface area (TPSA) is 98.7 Å². The van der Waals surface area contributed by atoms with Gasteiger partial charge < -0.3 is 20.8 Å². The molecule has 0 fully saturated rings.